The van der Waals surface area contributed by atoms with Gasteiger partial charge in [0, 0.05) is 6.08 Å². The van der Waals surface area contributed by atoms with E-state index in [9.17, 15) is 4.79 Å². The summed E-state index contributed by atoms with van der Waals surface area (Å²) >= 11 is 0. The number of rotatable bonds is 2. The van der Waals surface area contributed by atoms with Gasteiger partial charge in [-0.15, -0.1) is 0 Å². The van der Waals surface area contributed by atoms with E-state index in [1.807, 2.05) is 26.8 Å². The second-order valence-electron chi connectivity index (χ2n) is 3.31. The number of ether oxygens (including phenoxy) is 1. The molecule has 0 aliphatic rings. The Morgan fingerprint density at radius 2 is 2.00 bits per heavy atom. The van der Waals surface area contributed by atoms with Crippen LogP contribution in [-0.4, -0.2) is 5.97 Å². The molecule has 2 heteroatoms. The Hall–Kier alpha value is -1.05. The summed E-state index contributed by atoms with van der Waals surface area (Å²) in [7, 11) is 0. The molecule has 0 spiro atoms. The standard InChI is InChI=1S/C9H14O2/c1-5-8(10)11-7-6-9(2,3)4/h5-7H,1H2,2-4H3. The Bertz CT molecular complexity index is 172. The van der Waals surface area contributed by atoms with E-state index in [-0.39, 0.29) is 5.41 Å². The Kier molecular flexibility index (Phi) is 3.58. The Morgan fingerprint density at radius 3 is 2.36 bits per heavy atom. The van der Waals surface area contributed by atoms with Crippen LogP contribution in [0.5, 0.6) is 0 Å². The maximum atomic E-state index is 10.5. The lowest BCUT2D eigenvalue weighted by Crippen LogP contribution is -2.00. The van der Waals surface area contributed by atoms with Gasteiger partial charge in [0.25, 0.3) is 0 Å². The van der Waals surface area contributed by atoms with Crippen molar-refractivity contribution in [1.82, 2.24) is 0 Å². The van der Waals surface area contributed by atoms with Crippen molar-refractivity contribution in [3.05, 3.63) is 25.0 Å². The second kappa shape index (κ2) is 3.96. The number of hydrogen-bond acceptors (Lipinski definition) is 2. The Balaban J connectivity index is 3.78. The van der Waals surface area contributed by atoms with Crippen LogP contribution < -0.4 is 0 Å². The molecule has 0 N–H and O–H groups in total. The average molecular weight is 154 g/mol. The first-order valence-electron chi connectivity index (χ1n) is 3.46. The summed E-state index contributed by atoms with van der Waals surface area (Å²) in [5.41, 5.74) is 0.0431. The number of allylic oxidation sites excluding steroid dienone is 1. The zero-order valence-corrected chi connectivity index (χ0v) is 7.26. The average Bonchev–Trinajstić information content (AvgIpc) is 1.85. The zero-order chi connectivity index (χ0) is 8.91. The van der Waals surface area contributed by atoms with E-state index < -0.39 is 5.97 Å². The summed E-state index contributed by atoms with van der Waals surface area (Å²) in [5, 5.41) is 0. The molecule has 2 nitrogen and oxygen atoms in total. The van der Waals surface area contributed by atoms with Crippen molar-refractivity contribution < 1.29 is 9.53 Å². The molecule has 0 radical (unpaired) electrons. The van der Waals surface area contributed by atoms with Crippen molar-refractivity contribution in [3.63, 3.8) is 0 Å². The first-order chi connectivity index (χ1) is 4.95. The van der Waals surface area contributed by atoms with E-state index in [1.54, 1.807) is 0 Å². The minimum atomic E-state index is -0.425. The lowest BCUT2D eigenvalue weighted by atomic mass is 9.97. The van der Waals surface area contributed by atoms with E-state index in [0.29, 0.717) is 0 Å². The third-order valence-corrected chi connectivity index (χ3v) is 0.919. The third kappa shape index (κ3) is 6.84. The predicted molar refractivity (Wildman–Crippen MR) is 44.9 cm³/mol. The molecule has 0 aromatic rings. The van der Waals surface area contributed by atoms with Gasteiger partial charge < -0.3 is 4.74 Å². The summed E-state index contributed by atoms with van der Waals surface area (Å²) in [4.78, 5) is 10.5. The Morgan fingerprint density at radius 1 is 1.45 bits per heavy atom. The van der Waals surface area contributed by atoms with Crippen molar-refractivity contribution in [2.75, 3.05) is 0 Å². The molecule has 0 atom stereocenters. The monoisotopic (exact) mass is 154 g/mol. The van der Waals surface area contributed by atoms with Crippen LogP contribution in [0.4, 0.5) is 0 Å². The molecule has 0 heterocycles. The minimum Gasteiger partial charge on any atom is -0.432 e. The predicted octanol–water partition coefficient (Wildman–Crippen LogP) is 2.28. The topological polar surface area (TPSA) is 26.3 Å². The molecule has 0 saturated carbocycles. The molecular formula is C9H14O2. The molecule has 0 aromatic carbocycles. The summed E-state index contributed by atoms with van der Waals surface area (Å²) in [6, 6.07) is 0. The van der Waals surface area contributed by atoms with Crippen LogP contribution in [0.1, 0.15) is 20.8 Å². The van der Waals surface area contributed by atoms with Crippen LogP contribution in [0.25, 0.3) is 0 Å². The van der Waals surface area contributed by atoms with Crippen LogP contribution in [0, 0.1) is 5.41 Å². The largest absolute Gasteiger partial charge is 0.432 e. The minimum absolute atomic E-state index is 0.0431. The first-order valence-corrected chi connectivity index (χ1v) is 3.46. The highest BCUT2D eigenvalue weighted by Gasteiger charge is 2.03. The van der Waals surface area contributed by atoms with Gasteiger partial charge in [-0.05, 0) is 11.5 Å². The number of carbonyl (C=O) groups is 1. The van der Waals surface area contributed by atoms with Crippen molar-refractivity contribution in [1.29, 1.82) is 0 Å². The fourth-order valence-electron chi connectivity index (χ4n) is 0.353. The highest BCUT2D eigenvalue weighted by atomic mass is 16.5. The smallest absolute Gasteiger partial charge is 0.334 e. The van der Waals surface area contributed by atoms with E-state index in [1.165, 1.54) is 6.26 Å². The van der Waals surface area contributed by atoms with Crippen LogP contribution in [-0.2, 0) is 9.53 Å². The molecule has 0 unspecified atom stereocenters. The van der Waals surface area contributed by atoms with Gasteiger partial charge in [-0.2, -0.15) is 0 Å². The first kappa shape index (κ1) is 9.95. The van der Waals surface area contributed by atoms with Gasteiger partial charge in [-0.25, -0.2) is 4.79 Å². The highest BCUT2D eigenvalue weighted by molar-refractivity contribution is 5.81. The van der Waals surface area contributed by atoms with Crippen LogP contribution in [0.2, 0.25) is 0 Å². The molecule has 62 valence electrons. The number of esters is 1. The SMILES string of the molecule is C=CC(=O)OC=CC(C)(C)C. The van der Waals surface area contributed by atoms with Gasteiger partial charge in [0.2, 0.25) is 0 Å². The summed E-state index contributed by atoms with van der Waals surface area (Å²) < 4.78 is 4.63. The lowest BCUT2D eigenvalue weighted by Gasteiger charge is -2.09. The molecule has 0 bridgehead atoms. The van der Waals surface area contributed by atoms with Crippen molar-refractivity contribution in [3.8, 4) is 0 Å². The third-order valence-electron chi connectivity index (χ3n) is 0.919. The quantitative estimate of drug-likeness (QED) is 0.346. The molecule has 0 fully saturated rings. The highest BCUT2D eigenvalue weighted by Crippen LogP contribution is 2.14. The molecule has 0 amide bonds. The molecule has 11 heavy (non-hydrogen) atoms. The molecule has 0 rings (SSSR count). The van der Waals surface area contributed by atoms with Gasteiger partial charge in [0.05, 0.1) is 6.26 Å². The van der Waals surface area contributed by atoms with Gasteiger partial charge in [-0.1, -0.05) is 27.4 Å². The maximum absolute atomic E-state index is 10.5. The van der Waals surface area contributed by atoms with E-state index in [4.69, 9.17) is 0 Å². The lowest BCUT2D eigenvalue weighted by molar-refractivity contribution is -0.132. The molecule has 0 aliphatic carbocycles. The zero-order valence-electron chi connectivity index (χ0n) is 7.26. The van der Waals surface area contributed by atoms with E-state index in [2.05, 4.69) is 11.3 Å². The fourth-order valence-corrected chi connectivity index (χ4v) is 0.353. The normalized spacial score (nSPS) is 11.5. The van der Waals surface area contributed by atoms with Gasteiger partial charge in [-0.3, -0.25) is 0 Å². The molecule has 0 aromatic heterocycles. The van der Waals surface area contributed by atoms with Gasteiger partial charge in [0.15, 0.2) is 0 Å². The summed E-state index contributed by atoms with van der Waals surface area (Å²) in [6.45, 7) is 9.32. The fraction of sp³-hybridized carbons (Fsp3) is 0.444. The van der Waals surface area contributed by atoms with Crippen molar-refractivity contribution >= 4 is 5.97 Å². The van der Waals surface area contributed by atoms with Crippen LogP contribution in [0.15, 0.2) is 25.0 Å². The van der Waals surface area contributed by atoms with Crippen molar-refractivity contribution in [2.45, 2.75) is 20.8 Å². The maximum Gasteiger partial charge on any atom is 0.334 e. The van der Waals surface area contributed by atoms with E-state index in [0.717, 1.165) is 6.08 Å². The van der Waals surface area contributed by atoms with Crippen molar-refractivity contribution in [2.24, 2.45) is 5.41 Å². The Labute approximate surface area is 67.6 Å². The van der Waals surface area contributed by atoms with Gasteiger partial charge >= 0.3 is 5.97 Å². The van der Waals surface area contributed by atoms with Crippen LogP contribution in [0.3, 0.4) is 0 Å². The molecule has 0 aliphatic heterocycles. The van der Waals surface area contributed by atoms with Crippen LogP contribution >= 0.6 is 0 Å². The second-order valence-corrected chi connectivity index (χ2v) is 3.31. The van der Waals surface area contributed by atoms with E-state index >= 15 is 0 Å². The summed E-state index contributed by atoms with van der Waals surface area (Å²) in [5.74, 6) is -0.425. The molecular weight excluding hydrogens is 140 g/mol. The van der Waals surface area contributed by atoms with Gasteiger partial charge in [0.1, 0.15) is 0 Å². The summed E-state index contributed by atoms with van der Waals surface area (Å²) in [6.07, 6.45) is 4.34. The number of carbonyl (C=O) groups excluding carboxylic acids is 1. The number of hydrogen-bond donors (Lipinski definition) is 0. The molecule has 0 saturated heterocycles.